The van der Waals surface area contributed by atoms with Crippen LogP contribution in [0.2, 0.25) is 0 Å². The molecule has 0 atom stereocenters. The number of benzene rings is 21. The van der Waals surface area contributed by atoms with Gasteiger partial charge >= 0.3 is 0 Å². The zero-order valence-corrected chi connectivity index (χ0v) is 76.4. The van der Waals surface area contributed by atoms with Crippen molar-refractivity contribution in [1.82, 2.24) is 43.6 Å². The van der Waals surface area contributed by atoms with Gasteiger partial charge in [-0.15, -0.1) is 0 Å². The third-order valence-corrected chi connectivity index (χ3v) is 26.6. The Kier molecular flexibility index (Phi) is 20.4. The SMILES string of the molecule is [2H]c1c([2H])c([2H])c(-n2c3ccccc3c3nc4cc(-c5cc(-c6ccccc6)cc(-c6cccc(-c7ccccc7)c6)c5)ccc4nc32)c([2H])c1[2H].c1ccc(-c2ccc(-c3cc(-c4ccccc4)cc(-c4ccc5nc6c(nc5c4)c4ccccc4n6-c4ccccc4)c3)cc2)cc1.c1ccc(-c2cccc(-c3cc(-c4ccccc4)cc(-c4ccc5nc6c(nc5c4)c4ccccc4n6-c4ccccc4)c3)c2)cc1. The van der Waals surface area contributed by atoms with Crippen LogP contribution in [-0.4, -0.2) is 43.6 Å². The summed E-state index contributed by atoms with van der Waals surface area (Å²) >= 11 is 0. The van der Waals surface area contributed by atoms with Gasteiger partial charge < -0.3 is 0 Å². The summed E-state index contributed by atoms with van der Waals surface area (Å²) in [4.78, 5) is 31.1. The minimum Gasteiger partial charge on any atom is -0.293 e. The lowest BCUT2D eigenvalue weighted by molar-refractivity contribution is 1.14. The summed E-state index contributed by atoms with van der Waals surface area (Å²) < 4.78 is 48.3. The van der Waals surface area contributed by atoms with Crippen molar-refractivity contribution in [2.24, 2.45) is 0 Å². The van der Waals surface area contributed by atoms with Crippen LogP contribution in [0, 0.1) is 0 Å². The number of rotatable bonds is 15. The van der Waals surface area contributed by atoms with E-state index < -0.39 is 18.1 Å². The maximum absolute atomic E-state index is 8.72. The van der Waals surface area contributed by atoms with E-state index in [1.54, 1.807) is 4.57 Å². The van der Waals surface area contributed by atoms with Gasteiger partial charge in [0.25, 0.3) is 0 Å². The second-order valence-electron chi connectivity index (χ2n) is 35.3. The normalized spacial score (nSPS) is 11.9. The van der Waals surface area contributed by atoms with Gasteiger partial charge in [-0.2, -0.15) is 0 Å². The van der Waals surface area contributed by atoms with E-state index in [-0.39, 0.29) is 17.8 Å². The first-order valence-corrected chi connectivity index (χ1v) is 47.3. The van der Waals surface area contributed by atoms with Crippen LogP contribution in [0.5, 0.6) is 0 Å². The van der Waals surface area contributed by atoms with Crippen LogP contribution in [0.4, 0.5) is 0 Å². The van der Waals surface area contributed by atoms with Crippen LogP contribution in [0.1, 0.15) is 6.85 Å². The summed E-state index contributed by atoms with van der Waals surface area (Å²) in [6, 6.07) is 172. The maximum atomic E-state index is 8.72. The fourth-order valence-electron chi connectivity index (χ4n) is 19.7. The predicted molar refractivity (Wildman–Crippen MR) is 587 cm³/mol. The van der Waals surface area contributed by atoms with Gasteiger partial charge in [0.1, 0.15) is 16.6 Å². The molecule has 0 aliphatic heterocycles. The highest BCUT2D eigenvalue weighted by atomic mass is 15.1. The molecule has 6 heterocycles. The van der Waals surface area contributed by atoms with E-state index in [2.05, 4.69) is 440 Å². The molecule has 0 bridgehead atoms. The Hall–Kier alpha value is -19.0. The molecule has 9 heteroatoms. The van der Waals surface area contributed by atoms with Gasteiger partial charge in [-0.05, 0) is 291 Å². The first-order valence-electron chi connectivity index (χ1n) is 49.8. The van der Waals surface area contributed by atoms with E-state index >= 15 is 0 Å². The van der Waals surface area contributed by atoms with Crippen LogP contribution in [0.25, 0.3) is 250 Å². The van der Waals surface area contributed by atoms with E-state index in [0.717, 1.165) is 150 Å². The van der Waals surface area contributed by atoms with Gasteiger partial charge in [0.05, 0.1) is 56.5 Å². The van der Waals surface area contributed by atoms with Crippen molar-refractivity contribution in [1.29, 1.82) is 0 Å². The Labute approximate surface area is 822 Å². The minimum atomic E-state index is -0.438. The second kappa shape index (κ2) is 36.7. The molecule has 660 valence electrons. The van der Waals surface area contributed by atoms with Crippen LogP contribution in [0.15, 0.2) is 528 Å². The predicted octanol–water partition coefficient (Wildman–Crippen LogP) is 34.2. The average Bonchev–Trinajstić information content (AvgIpc) is 1.58. The quantitative estimate of drug-likeness (QED) is 0.102. The van der Waals surface area contributed by atoms with Crippen LogP contribution in [0.3, 0.4) is 0 Å². The van der Waals surface area contributed by atoms with E-state index in [1.807, 2.05) is 66.7 Å². The summed E-state index contributed by atoms with van der Waals surface area (Å²) in [6.45, 7) is 0. The van der Waals surface area contributed by atoms with Gasteiger partial charge in [0.15, 0.2) is 16.9 Å². The Bertz CT molecular complexity index is 9690. The molecule has 0 radical (unpaired) electrons. The van der Waals surface area contributed by atoms with Gasteiger partial charge in [0.2, 0.25) is 0 Å². The summed E-state index contributed by atoms with van der Waals surface area (Å²) in [5.74, 6) is 0. The number of para-hydroxylation sites is 6. The molecule has 9 nitrogen and oxygen atoms in total. The molecule has 0 saturated carbocycles. The van der Waals surface area contributed by atoms with Crippen molar-refractivity contribution < 1.29 is 6.85 Å². The molecule has 27 rings (SSSR count). The fraction of sp³-hybridized carbons (Fsp3) is 0. The topological polar surface area (TPSA) is 92.1 Å². The lowest BCUT2D eigenvalue weighted by Gasteiger charge is -2.13. The monoisotopic (exact) mass is 1800 g/mol. The van der Waals surface area contributed by atoms with Crippen LogP contribution >= 0.6 is 0 Å². The molecule has 27 aromatic rings. The molecule has 0 fully saturated rings. The molecule has 6 aromatic heterocycles. The molecule has 0 spiro atoms. The van der Waals surface area contributed by atoms with Crippen molar-refractivity contribution in [3.63, 3.8) is 0 Å². The summed E-state index contributed by atoms with van der Waals surface area (Å²) in [7, 11) is 0. The smallest absolute Gasteiger partial charge is 0.165 e. The lowest BCUT2D eigenvalue weighted by Crippen LogP contribution is -1.96. The molecule has 0 unspecified atom stereocenters. The zero-order chi connectivity index (χ0) is 97.8. The Morgan fingerprint density at radius 3 is 0.638 bits per heavy atom. The lowest BCUT2D eigenvalue weighted by atomic mass is 9.92. The first-order chi connectivity index (χ1) is 71.9. The van der Waals surface area contributed by atoms with Gasteiger partial charge in [-0.3, -0.25) is 13.7 Å². The van der Waals surface area contributed by atoms with Gasteiger partial charge in [-0.25, -0.2) is 29.9 Å². The van der Waals surface area contributed by atoms with Crippen LogP contribution < -0.4 is 0 Å². The summed E-state index contributed by atoms with van der Waals surface area (Å²) in [6.07, 6.45) is 0. The van der Waals surface area contributed by atoms with E-state index in [4.69, 9.17) is 36.8 Å². The summed E-state index contributed by atoms with van der Waals surface area (Å²) in [5, 5.41) is 2.96. The van der Waals surface area contributed by atoms with Gasteiger partial charge in [0, 0.05) is 33.2 Å². The van der Waals surface area contributed by atoms with Crippen molar-refractivity contribution in [3.05, 3.63) is 528 Å². The number of nitrogens with zero attached hydrogens (tertiary/aromatic N) is 9. The number of hydrogen-bond acceptors (Lipinski definition) is 6. The van der Waals surface area contributed by atoms with Crippen molar-refractivity contribution >= 4 is 99.3 Å². The Balaban J connectivity index is 0.000000114. The molecule has 0 aliphatic carbocycles. The van der Waals surface area contributed by atoms with Crippen molar-refractivity contribution in [3.8, 4) is 151 Å². The Morgan fingerprint density at radius 2 is 0.340 bits per heavy atom. The standard InChI is InChI=1S/3C44H29N3/c2*1-4-13-30(14-5-1)32-17-12-18-33(25-32)36-26-35(31-15-6-2-7-16-31)27-37(28-36)34-23-24-40-41(29-34)45-43-39-21-10-11-22-42(39)47(44(43)46-40)38-19-8-3-9-20-38;1-4-12-30(13-5-1)32-20-22-33(23-21-32)36-26-35(31-14-6-2-7-15-31)27-37(28-36)34-24-25-40-41(29-34)45-43-39-18-10-11-19-42(39)47(44(43)46-40)38-16-8-3-9-17-38/h3*1-29H/i3D,8D,9D,19D,20D;;. The molecule has 0 aliphatic rings. The minimum absolute atomic E-state index is 0.0454. The molecule has 141 heavy (non-hydrogen) atoms. The van der Waals surface area contributed by atoms with E-state index in [0.29, 0.717) is 27.7 Å². The average molecular weight is 1800 g/mol. The van der Waals surface area contributed by atoms with Crippen molar-refractivity contribution in [2.75, 3.05) is 0 Å². The highest BCUT2D eigenvalue weighted by Gasteiger charge is 2.23. The number of fused-ring (bicyclic) bond motifs is 12. The largest absolute Gasteiger partial charge is 0.293 e. The number of hydrogen-bond donors (Lipinski definition) is 0. The van der Waals surface area contributed by atoms with Gasteiger partial charge in [-0.1, -0.05) is 370 Å². The van der Waals surface area contributed by atoms with E-state index in [1.165, 1.54) is 66.8 Å². The summed E-state index contributed by atoms with van der Waals surface area (Å²) in [5.41, 5.74) is 42.0. The first kappa shape index (κ1) is 78.4. The van der Waals surface area contributed by atoms with Crippen LogP contribution in [-0.2, 0) is 0 Å². The molecule has 21 aromatic carbocycles. The number of aromatic nitrogens is 9. The zero-order valence-electron chi connectivity index (χ0n) is 81.4. The van der Waals surface area contributed by atoms with Crippen molar-refractivity contribution in [2.45, 2.75) is 0 Å². The third kappa shape index (κ3) is 16.4. The highest BCUT2D eigenvalue weighted by Crippen LogP contribution is 2.44. The van der Waals surface area contributed by atoms with E-state index in [9.17, 15) is 0 Å². The second-order valence-corrected chi connectivity index (χ2v) is 35.3. The molecular weight excluding hydrogens is 1710 g/mol. The highest BCUT2D eigenvalue weighted by molar-refractivity contribution is 6.11. The third-order valence-electron chi connectivity index (χ3n) is 26.6. The Morgan fingerprint density at radius 1 is 0.142 bits per heavy atom. The molecule has 0 amide bonds. The molecular formula is C132H87N9. The molecule has 0 saturated heterocycles. The molecule has 0 N–H and O–H groups in total. The maximum Gasteiger partial charge on any atom is 0.165 e. The fourth-order valence-corrected chi connectivity index (χ4v) is 19.7.